The van der Waals surface area contributed by atoms with E-state index in [4.69, 9.17) is 0 Å². The molecule has 0 aliphatic heterocycles. The Bertz CT molecular complexity index is 797. The Kier molecular flexibility index (Phi) is 3.97. The maximum Gasteiger partial charge on any atom is 0.355 e. The van der Waals surface area contributed by atoms with Crippen molar-refractivity contribution in [2.24, 2.45) is 0 Å². The fraction of sp³-hybridized carbons (Fsp3) is 0.0526. The van der Waals surface area contributed by atoms with Gasteiger partial charge >= 0.3 is 5.97 Å². The fourth-order valence-electron chi connectivity index (χ4n) is 2.49. The number of aromatic nitrogens is 1. The molecule has 3 heteroatoms. The Balaban J connectivity index is 1.97. The zero-order valence-corrected chi connectivity index (χ0v) is 11.9. The van der Waals surface area contributed by atoms with Crippen LogP contribution in [0.15, 0.2) is 72.9 Å². The highest BCUT2D eigenvalue weighted by Crippen LogP contribution is 2.24. The van der Waals surface area contributed by atoms with Crippen LogP contribution in [0.4, 0.5) is 0 Å². The number of aromatic carboxylic acids is 1. The lowest BCUT2D eigenvalue weighted by Crippen LogP contribution is -2.02. The minimum Gasteiger partial charge on any atom is -0.476 e. The van der Waals surface area contributed by atoms with E-state index >= 15 is 0 Å². The summed E-state index contributed by atoms with van der Waals surface area (Å²) in [6.07, 6.45) is 2.32. The molecule has 108 valence electrons. The average molecular weight is 289 g/mol. The Morgan fingerprint density at radius 1 is 0.909 bits per heavy atom. The zero-order chi connectivity index (χ0) is 15.4. The number of nitrogens with zero attached hydrogens (tertiary/aromatic N) is 1. The average Bonchev–Trinajstić information content (AvgIpc) is 2.56. The van der Waals surface area contributed by atoms with Crippen molar-refractivity contribution in [3.8, 4) is 11.1 Å². The summed E-state index contributed by atoms with van der Waals surface area (Å²) >= 11 is 0. The maximum absolute atomic E-state index is 11.3. The highest BCUT2D eigenvalue weighted by Gasteiger charge is 2.12. The van der Waals surface area contributed by atoms with E-state index in [9.17, 15) is 9.90 Å². The lowest BCUT2D eigenvalue weighted by Gasteiger charge is -2.08. The lowest BCUT2D eigenvalue weighted by molar-refractivity contribution is 0.0691. The van der Waals surface area contributed by atoms with Crippen LogP contribution in [0.5, 0.6) is 0 Å². The molecule has 0 aliphatic rings. The molecule has 1 heterocycles. The Morgan fingerprint density at radius 2 is 1.68 bits per heavy atom. The number of carbonyl (C=O) groups is 1. The van der Waals surface area contributed by atoms with E-state index < -0.39 is 5.97 Å². The van der Waals surface area contributed by atoms with Crippen LogP contribution in [0, 0.1) is 0 Å². The molecule has 0 fully saturated rings. The predicted octanol–water partition coefficient (Wildman–Crippen LogP) is 4.04. The largest absolute Gasteiger partial charge is 0.476 e. The van der Waals surface area contributed by atoms with Gasteiger partial charge in [-0.05, 0) is 29.2 Å². The van der Waals surface area contributed by atoms with Crippen LogP contribution in [0.1, 0.15) is 21.6 Å². The molecule has 0 aliphatic carbocycles. The van der Waals surface area contributed by atoms with Gasteiger partial charge < -0.3 is 5.11 Å². The third kappa shape index (κ3) is 3.04. The second kappa shape index (κ2) is 6.22. The smallest absolute Gasteiger partial charge is 0.355 e. The first-order valence-corrected chi connectivity index (χ1v) is 7.05. The molecule has 3 rings (SSSR count). The summed E-state index contributed by atoms with van der Waals surface area (Å²) in [5, 5.41) is 9.27. The molecule has 0 atom stereocenters. The highest BCUT2D eigenvalue weighted by molar-refractivity contribution is 5.93. The van der Waals surface area contributed by atoms with Crippen molar-refractivity contribution in [2.45, 2.75) is 6.42 Å². The van der Waals surface area contributed by atoms with Gasteiger partial charge in [0.15, 0.2) is 5.69 Å². The summed E-state index contributed by atoms with van der Waals surface area (Å²) in [7, 11) is 0. The number of rotatable bonds is 4. The number of pyridine rings is 1. The summed E-state index contributed by atoms with van der Waals surface area (Å²) in [5.41, 5.74) is 3.97. The van der Waals surface area contributed by atoms with Crippen LogP contribution in [-0.4, -0.2) is 16.1 Å². The monoisotopic (exact) mass is 289 g/mol. The molecule has 3 aromatic rings. The second-order valence-electron chi connectivity index (χ2n) is 5.07. The van der Waals surface area contributed by atoms with Gasteiger partial charge in [0.2, 0.25) is 0 Å². The number of carboxylic acid groups (broad SMARTS) is 1. The molecule has 0 amide bonds. The molecule has 1 N–H and O–H groups in total. The first-order valence-electron chi connectivity index (χ1n) is 7.05. The van der Waals surface area contributed by atoms with Gasteiger partial charge in [-0.25, -0.2) is 9.78 Å². The van der Waals surface area contributed by atoms with Crippen molar-refractivity contribution < 1.29 is 9.90 Å². The van der Waals surface area contributed by atoms with E-state index in [1.165, 1.54) is 11.8 Å². The SMILES string of the molecule is O=C(O)c1ncccc1-c1cccc(Cc2ccccc2)c1. The summed E-state index contributed by atoms with van der Waals surface area (Å²) in [5.74, 6) is -1.01. The molecule has 0 saturated carbocycles. The normalized spacial score (nSPS) is 10.4. The number of hydrogen-bond acceptors (Lipinski definition) is 2. The quantitative estimate of drug-likeness (QED) is 0.788. The van der Waals surface area contributed by atoms with E-state index in [0.29, 0.717) is 5.56 Å². The number of benzene rings is 2. The second-order valence-corrected chi connectivity index (χ2v) is 5.07. The van der Waals surface area contributed by atoms with Gasteiger partial charge in [0.25, 0.3) is 0 Å². The van der Waals surface area contributed by atoms with Crippen LogP contribution >= 0.6 is 0 Å². The van der Waals surface area contributed by atoms with Gasteiger partial charge in [0.1, 0.15) is 0 Å². The van der Waals surface area contributed by atoms with Crippen LogP contribution in [0.25, 0.3) is 11.1 Å². The molecular weight excluding hydrogens is 274 g/mol. The van der Waals surface area contributed by atoms with Gasteiger partial charge in [-0.1, -0.05) is 60.7 Å². The molecule has 0 unspecified atom stereocenters. The summed E-state index contributed by atoms with van der Waals surface area (Å²) in [4.78, 5) is 15.3. The molecule has 0 spiro atoms. The fourth-order valence-corrected chi connectivity index (χ4v) is 2.49. The van der Waals surface area contributed by atoms with Crippen molar-refractivity contribution in [2.75, 3.05) is 0 Å². The van der Waals surface area contributed by atoms with Crippen LogP contribution in [-0.2, 0) is 6.42 Å². The highest BCUT2D eigenvalue weighted by atomic mass is 16.4. The Hall–Kier alpha value is -2.94. The first-order chi connectivity index (χ1) is 10.7. The number of carboxylic acids is 1. The van der Waals surface area contributed by atoms with Crippen molar-refractivity contribution in [1.82, 2.24) is 4.98 Å². The van der Waals surface area contributed by atoms with E-state index in [2.05, 4.69) is 17.1 Å². The maximum atomic E-state index is 11.3. The first kappa shape index (κ1) is 14.0. The molecular formula is C19H15NO2. The standard InChI is InChI=1S/C19H15NO2/c21-19(22)18-17(10-5-11-20-18)16-9-4-8-15(13-16)12-14-6-2-1-3-7-14/h1-11,13H,12H2,(H,21,22). The van der Waals surface area contributed by atoms with Crippen LogP contribution in [0.2, 0.25) is 0 Å². The summed E-state index contributed by atoms with van der Waals surface area (Å²) in [6, 6.07) is 21.7. The molecule has 1 aromatic heterocycles. The van der Waals surface area contributed by atoms with Crippen LogP contribution < -0.4 is 0 Å². The van der Waals surface area contributed by atoms with Gasteiger partial charge in [-0.2, -0.15) is 0 Å². The molecule has 3 nitrogen and oxygen atoms in total. The molecule has 2 aromatic carbocycles. The van der Waals surface area contributed by atoms with E-state index in [1.807, 2.05) is 42.5 Å². The molecule has 22 heavy (non-hydrogen) atoms. The molecule has 0 bridgehead atoms. The van der Waals surface area contributed by atoms with Crippen molar-refractivity contribution >= 4 is 5.97 Å². The van der Waals surface area contributed by atoms with Crippen molar-refractivity contribution in [3.05, 3.63) is 89.7 Å². The van der Waals surface area contributed by atoms with Gasteiger partial charge in [-0.3, -0.25) is 0 Å². The van der Waals surface area contributed by atoms with Crippen molar-refractivity contribution in [3.63, 3.8) is 0 Å². The van der Waals surface area contributed by atoms with Gasteiger partial charge in [0.05, 0.1) is 0 Å². The lowest BCUT2D eigenvalue weighted by atomic mass is 9.98. The molecule has 0 saturated heterocycles. The minimum atomic E-state index is -1.01. The van der Waals surface area contributed by atoms with Gasteiger partial charge in [0, 0.05) is 11.8 Å². The minimum absolute atomic E-state index is 0.0827. The van der Waals surface area contributed by atoms with Crippen LogP contribution in [0.3, 0.4) is 0 Å². The van der Waals surface area contributed by atoms with Crippen molar-refractivity contribution in [1.29, 1.82) is 0 Å². The summed E-state index contributed by atoms with van der Waals surface area (Å²) < 4.78 is 0. The zero-order valence-electron chi connectivity index (χ0n) is 11.9. The Labute approximate surface area is 128 Å². The molecule has 0 radical (unpaired) electrons. The van der Waals surface area contributed by atoms with E-state index in [0.717, 1.165) is 17.5 Å². The summed E-state index contributed by atoms with van der Waals surface area (Å²) in [6.45, 7) is 0. The Morgan fingerprint density at radius 3 is 2.45 bits per heavy atom. The van der Waals surface area contributed by atoms with Gasteiger partial charge in [-0.15, -0.1) is 0 Å². The predicted molar refractivity (Wildman–Crippen MR) is 85.9 cm³/mol. The number of hydrogen-bond donors (Lipinski definition) is 1. The topological polar surface area (TPSA) is 50.2 Å². The third-order valence-corrected chi connectivity index (χ3v) is 3.50. The third-order valence-electron chi connectivity index (χ3n) is 3.50. The van der Waals surface area contributed by atoms with E-state index in [1.54, 1.807) is 12.1 Å². The van der Waals surface area contributed by atoms with E-state index in [-0.39, 0.29) is 5.69 Å².